The largest absolute Gasteiger partial charge is 0.394 e. The van der Waals surface area contributed by atoms with Crippen LogP contribution in [0.25, 0.3) is 0 Å². The molecule has 0 spiro atoms. The fourth-order valence-corrected chi connectivity index (χ4v) is 3.10. The zero-order valence-corrected chi connectivity index (χ0v) is 12.7. The number of aliphatic hydroxyl groups excluding tert-OH is 1. The van der Waals surface area contributed by atoms with E-state index in [2.05, 4.69) is 24.3 Å². The molecule has 3 unspecified atom stereocenters. The smallest absolute Gasteiger partial charge is 0.287 e. The summed E-state index contributed by atoms with van der Waals surface area (Å²) in [5, 5.41) is 16.4. The highest BCUT2D eigenvalue weighted by Crippen LogP contribution is 2.31. The highest BCUT2D eigenvalue weighted by molar-refractivity contribution is 6.32. The highest BCUT2D eigenvalue weighted by Gasteiger charge is 2.26. The fraction of sp³-hybridized carbons (Fsp3) is 0.714. The van der Waals surface area contributed by atoms with Crippen LogP contribution in [0, 0.1) is 11.8 Å². The molecule has 2 rings (SSSR count). The number of rotatable bonds is 4. The maximum Gasteiger partial charge on any atom is 0.287 e. The molecule has 0 bridgehead atoms. The summed E-state index contributed by atoms with van der Waals surface area (Å²) in [4.78, 5) is 12.0. The molecule has 0 amide bonds. The number of hydrogen-bond donors (Lipinski definition) is 2. The monoisotopic (exact) mass is 299 g/mol. The van der Waals surface area contributed by atoms with Gasteiger partial charge < -0.3 is 10.4 Å². The molecule has 1 saturated carbocycles. The Morgan fingerprint density at radius 3 is 2.90 bits per heavy atom. The first-order valence-corrected chi connectivity index (χ1v) is 7.53. The molecular formula is C14H22ClN3O2. The third kappa shape index (κ3) is 3.33. The van der Waals surface area contributed by atoms with E-state index >= 15 is 0 Å². The van der Waals surface area contributed by atoms with Crippen molar-refractivity contribution in [1.29, 1.82) is 0 Å². The molecule has 0 saturated heterocycles. The van der Waals surface area contributed by atoms with Gasteiger partial charge in [0.15, 0.2) is 0 Å². The summed E-state index contributed by atoms with van der Waals surface area (Å²) in [7, 11) is 0. The zero-order chi connectivity index (χ0) is 14.7. The van der Waals surface area contributed by atoms with Gasteiger partial charge in [-0.3, -0.25) is 4.79 Å². The minimum Gasteiger partial charge on any atom is -0.394 e. The Hall–Kier alpha value is -1.07. The summed E-state index contributed by atoms with van der Waals surface area (Å²) in [6, 6.07) is 0.332. The van der Waals surface area contributed by atoms with Crippen molar-refractivity contribution in [1.82, 2.24) is 9.78 Å². The van der Waals surface area contributed by atoms with Crippen molar-refractivity contribution in [2.45, 2.75) is 45.7 Å². The average Bonchev–Trinajstić information content (AvgIpc) is 2.41. The molecule has 112 valence electrons. The van der Waals surface area contributed by atoms with Crippen molar-refractivity contribution in [2.75, 3.05) is 11.9 Å². The lowest BCUT2D eigenvalue weighted by atomic mass is 9.80. The van der Waals surface area contributed by atoms with Crippen molar-refractivity contribution < 1.29 is 5.11 Å². The van der Waals surface area contributed by atoms with Crippen LogP contribution in [0.4, 0.5) is 5.69 Å². The van der Waals surface area contributed by atoms with Crippen LogP contribution in [0.5, 0.6) is 0 Å². The predicted molar refractivity (Wildman–Crippen MR) is 80.2 cm³/mol. The van der Waals surface area contributed by atoms with E-state index in [9.17, 15) is 4.79 Å². The van der Waals surface area contributed by atoms with Crippen molar-refractivity contribution in [2.24, 2.45) is 11.8 Å². The molecule has 5 nitrogen and oxygen atoms in total. The Balaban J connectivity index is 2.14. The zero-order valence-electron chi connectivity index (χ0n) is 12.0. The molecule has 1 aromatic rings. The van der Waals surface area contributed by atoms with E-state index in [1.54, 1.807) is 6.20 Å². The van der Waals surface area contributed by atoms with Gasteiger partial charge in [-0.2, -0.15) is 5.10 Å². The average molecular weight is 300 g/mol. The van der Waals surface area contributed by atoms with Crippen LogP contribution in [-0.4, -0.2) is 27.5 Å². The molecule has 1 heterocycles. The van der Waals surface area contributed by atoms with Crippen LogP contribution in [0.15, 0.2) is 11.0 Å². The third-order valence-corrected chi connectivity index (χ3v) is 4.43. The summed E-state index contributed by atoms with van der Waals surface area (Å²) in [5.74, 6) is 1.31. The number of nitrogens with zero attached hydrogens (tertiary/aromatic N) is 2. The summed E-state index contributed by atoms with van der Waals surface area (Å²) in [5.41, 5.74) is 0.236. The number of aromatic nitrogens is 2. The number of hydrogen-bond acceptors (Lipinski definition) is 4. The molecule has 0 radical (unpaired) electrons. The van der Waals surface area contributed by atoms with E-state index in [-0.39, 0.29) is 23.7 Å². The number of anilines is 1. The first-order valence-electron chi connectivity index (χ1n) is 7.16. The fourth-order valence-electron chi connectivity index (χ4n) is 2.90. The van der Waals surface area contributed by atoms with Crippen LogP contribution in [0.1, 0.15) is 33.1 Å². The van der Waals surface area contributed by atoms with Crippen LogP contribution < -0.4 is 10.9 Å². The van der Waals surface area contributed by atoms with E-state index in [0.717, 1.165) is 12.3 Å². The van der Waals surface area contributed by atoms with Crippen LogP contribution in [0.3, 0.4) is 0 Å². The van der Waals surface area contributed by atoms with Crippen molar-refractivity contribution >= 4 is 17.3 Å². The first kappa shape index (κ1) is 15.3. The van der Waals surface area contributed by atoms with Gasteiger partial charge in [-0.05, 0) is 31.1 Å². The van der Waals surface area contributed by atoms with Crippen molar-refractivity contribution in [3.63, 3.8) is 0 Å². The third-order valence-electron chi connectivity index (χ3n) is 4.07. The van der Waals surface area contributed by atoms with Gasteiger partial charge in [0.25, 0.3) is 5.56 Å². The molecule has 3 atom stereocenters. The topological polar surface area (TPSA) is 67.2 Å². The summed E-state index contributed by atoms with van der Waals surface area (Å²) >= 11 is 6.11. The molecule has 0 aromatic carbocycles. The quantitative estimate of drug-likeness (QED) is 0.894. The van der Waals surface area contributed by atoms with Crippen LogP contribution in [0.2, 0.25) is 5.02 Å². The second kappa shape index (κ2) is 6.59. The standard InChI is InChI=1S/C14H22ClN3O2/c1-9-3-4-11(10(2)7-9)17-12-8-16-18(5-6-19)14(20)13(12)15/h8-11,17,19H,3-7H2,1-2H3. The molecule has 0 aliphatic heterocycles. The van der Waals surface area contributed by atoms with Gasteiger partial charge in [0.1, 0.15) is 5.02 Å². The van der Waals surface area contributed by atoms with Gasteiger partial charge in [-0.1, -0.05) is 25.4 Å². The lowest BCUT2D eigenvalue weighted by Gasteiger charge is -2.33. The van der Waals surface area contributed by atoms with Crippen molar-refractivity contribution in [3.05, 3.63) is 21.6 Å². The Bertz CT molecular complexity index is 518. The van der Waals surface area contributed by atoms with Gasteiger partial charge in [0.2, 0.25) is 0 Å². The van der Waals surface area contributed by atoms with E-state index in [0.29, 0.717) is 17.6 Å². The Kier molecular flexibility index (Phi) is 5.05. The van der Waals surface area contributed by atoms with E-state index in [4.69, 9.17) is 16.7 Å². The molecule has 1 aromatic heterocycles. The summed E-state index contributed by atoms with van der Waals surface area (Å²) < 4.78 is 1.18. The van der Waals surface area contributed by atoms with E-state index < -0.39 is 0 Å². The van der Waals surface area contributed by atoms with E-state index in [1.165, 1.54) is 17.5 Å². The molecule has 1 aliphatic rings. The summed E-state index contributed by atoms with van der Waals surface area (Å²) in [6.07, 6.45) is 5.03. The maximum absolute atomic E-state index is 12.0. The molecule has 1 aliphatic carbocycles. The maximum atomic E-state index is 12.0. The molecule has 20 heavy (non-hydrogen) atoms. The van der Waals surface area contributed by atoms with Crippen molar-refractivity contribution in [3.8, 4) is 0 Å². The van der Waals surface area contributed by atoms with Gasteiger partial charge in [0, 0.05) is 6.04 Å². The van der Waals surface area contributed by atoms with E-state index in [1.807, 2.05) is 0 Å². The lowest BCUT2D eigenvalue weighted by Crippen LogP contribution is -2.34. The normalized spacial score (nSPS) is 26.5. The Morgan fingerprint density at radius 2 is 2.25 bits per heavy atom. The minimum atomic E-state index is -0.359. The second-order valence-electron chi connectivity index (χ2n) is 5.77. The Labute approximate surface area is 124 Å². The summed E-state index contributed by atoms with van der Waals surface area (Å²) in [6.45, 7) is 4.53. The van der Waals surface area contributed by atoms with Crippen LogP contribution >= 0.6 is 11.6 Å². The minimum absolute atomic E-state index is 0.131. The van der Waals surface area contributed by atoms with Crippen LogP contribution in [-0.2, 0) is 6.54 Å². The number of halogens is 1. The number of aliphatic hydroxyl groups is 1. The predicted octanol–water partition coefficient (Wildman–Crippen LogP) is 2.13. The SMILES string of the molecule is CC1CCC(Nc2cnn(CCO)c(=O)c2Cl)C(C)C1. The Morgan fingerprint density at radius 1 is 1.50 bits per heavy atom. The second-order valence-corrected chi connectivity index (χ2v) is 6.15. The highest BCUT2D eigenvalue weighted by atomic mass is 35.5. The van der Waals surface area contributed by atoms with Gasteiger partial charge in [-0.25, -0.2) is 4.68 Å². The molecule has 2 N–H and O–H groups in total. The lowest BCUT2D eigenvalue weighted by molar-refractivity contribution is 0.266. The van der Waals surface area contributed by atoms with Gasteiger partial charge >= 0.3 is 0 Å². The molecular weight excluding hydrogens is 278 g/mol. The van der Waals surface area contributed by atoms with Gasteiger partial charge in [-0.15, -0.1) is 0 Å². The molecule has 1 fully saturated rings. The molecule has 6 heteroatoms. The number of nitrogens with one attached hydrogen (secondary N) is 1. The first-order chi connectivity index (χ1) is 9.52. The van der Waals surface area contributed by atoms with Gasteiger partial charge in [0.05, 0.1) is 25.0 Å².